The smallest absolute Gasteiger partial charge is 0.234 e. The summed E-state index contributed by atoms with van der Waals surface area (Å²) < 4.78 is 25.3. The van der Waals surface area contributed by atoms with Gasteiger partial charge in [0.05, 0.1) is 18.4 Å². The lowest BCUT2D eigenvalue weighted by Gasteiger charge is -2.27. The molecule has 2 aromatic carbocycles. The Morgan fingerprint density at radius 2 is 1.82 bits per heavy atom. The predicted octanol–water partition coefficient (Wildman–Crippen LogP) is 5.24. The second-order valence-electron chi connectivity index (χ2n) is 12.6. The van der Waals surface area contributed by atoms with E-state index in [1.54, 1.807) is 70.3 Å². The molecule has 2 atom stereocenters. The van der Waals surface area contributed by atoms with Crippen molar-refractivity contribution in [2.75, 3.05) is 20.3 Å². The van der Waals surface area contributed by atoms with Crippen LogP contribution in [0.3, 0.4) is 0 Å². The number of hydrogen-bond acceptors (Lipinski definition) is 8. The molecule has 236 valence electrons. The molecule has 4 aromatic rings. The maximum Gasteiger partial charge on any atom is 0.234 e. The molecule has 0 saturated carbocycles. The molecule has 0 aliphatic carbocycles. The summed E-state index contributed by atoms with van der Waals surface area (Å²) in [5.74, 6) is -0.0715. The monoisotopic (exact) mass is 615 g/mol. The second-order valence-corrected chi connectivity index (χ2v) is 12.6. The average molecular weight is 616 g/mol. The van der Waals surface area contributed by atoms with Crippen molar-refractivity contribution in [3.8, 4) is 22.8 Å². The predicted molar refractivity (Wildman–Crippen MR) is 168 cm³/mol. The Bertz CT molecular complexity index is 1750. The van der Waals surface area contributed by atoms with E-state index in [0.717, 1.165) is 5.39 Å². The van der Waals surface area contributed by atoms with Gasteiger partial charge in [0.25, 0.3) is 0 Å². The fourth-order valence-electron chi connectivity index (χ4n) is 5.43. The number of ketones is 1. The molecule has 1 amide bonds. The molecule has 0 saturated heterocycles. The number of halogens is 1. The SMILES string of the molecule is COc1cc(C(=O)CC[C@](C)(O)c2cc3c(c(-c4ccc(F)cc4)n2)OC[C@]3(C)C(=O)NCCC(C)(C)O)cc2cccnc12. The van der Waals surface area contributed by atoms with Gasteiger partial charge in [0.15, 0.2) is 5.78 Å². The topological polar surface area (TPSA) is 131 Å². The summed E-state index contributed by atoms with van der Waals surface area (Å²) in [4.78, 5) is 36.0. The number of ether oxygens (including phenoxy) is 2. The number of nitrogens with zero attached hydrogens (tertiary/aromatic N) is 2. The summed E-state index contributed by atoms with van der Waals surface area (Å²) in [6, 6.07) is 14.4. The van der Waals surface area contributed by atoms with Crippen molar-refractivity contribution >= 4 is 22.6 Å². The molecule has 1 aliphatic heterocycles. The van der Waals surface area contributed by atoms with Crippen molar-refractivity contribution in [2.45, 2.75) is 63.6 Å². The minimum atomic E-state index is -1.58. The van der Waals surface area contributed by atoms with Crippen molar-refractivity contribution in [1.82, 2.24) is 15.3 Å². The Labute approximate surface area is 261 Å². The van der Waals surface area contributed by atoms with Crippen LogP contribution in [0.4, 0.5) is 4.39 Å². The molecule has 5 rings (SSSR count). The van der Waals surface area contributed by atoms with Gasteiger partial charge in [-0.25, -0.2) is 9.37 Å². The number of fused-ring (bicyclic) bond motifs is 2. The van der Waals surface area contributed by atoms with E-state index in [-0.39, 0.29) is 43.4 Å². The van der Waals surface area contributed by atoms with Crippen LogP contribution in [0.1, 0.15) is 68.6 Å². The summed E-state index contributed by atoms with van der Waals surface area (Å²) in [5, 5.41) is 25.5. The third-order valence-electron chi connectivity index (χ3n) is 8.32. The number of carbonyl (C=O) groups excluding carboxylic acids is 2. The van der Waals surface area contributed by atoms with Gasteiger partial charge in [-0.15, -0.1) is 0 Å². The number of rotatable bonds is 11. The molecule has 9 nitrogen and oxygen atoms in total. The molecule has 0 bridgehead atoms. The maximum absolute atomic E-state index is 13.8. The minimum absolute atomic E-state index is 0.00221. The van der Waals surface area contributed by atoms with Gasteiger partial charge in [0.2, 0.25) is 5.91 Å². The van der Waals surface area contributed by atoms with Crippen molar-refractivity contribution in [2.24, 2.45) is 0 Å². The number of benzene rings is 2. The lowest BCUT2D eigenvalue weighted by Crippen LogP contribution is -2.45. The molecule has 1 aliphatic rings. The summed E-state index contributed by atoms with van der Waals surface area (Å²) >= 11 is 0. The van der Waals surface area contributed by atoms with Crippen LogP contribution < -0.4 is 14.8 Å². The second kappa shape index (κ2) is 12.2. The lowest BCUT2D eigenvalue weighted by atomic mass is 9.81. The lowest BCUT2D eigenvalue weighted by molar-refractivity contribution is -0.126. The van der Waals surface area contributed by atoms with E-state index >= 15 is 0 Å². The first-order chi connectivity index (χ1) is 21.2. The zero-order valence-electron chi connectivity index (χ0n) is 26.1. The van der Waals surface area contributed by atoms with E-state index in [1.807, 2.05) is 6.07 Å². The summed E-state index contributed by atoms with van der Waals surface area (Å²) in [6.45, 7) is 6.94. The Kier molecular flexibility index (Phi) is 8.66. The van der Waals surface area contributed by atoms with Gasteiger partial charge in [0, 0.05) is 41.2 Å². The van der Waals surface area contributed by atoms with E-state index in [4.69, 9.17) is 14.5 Å². The zero-order valence-corrected chi connectivity index (χ0v) is 26.1. The van der Waals surface area contributed by atoms with Crippen LogP contribution in [-0.4, -0.2) is 57.7 Å². The van der Waals surface area contributed by atoms with Crippen LogP contribution in [0.15, 0.2) is 60.8 Å². The molecule has 3 N–H and O–H groups in total. The highest BCUT2D eigenvalue weighted by Gasteiger charge is 2.46. The Morgan fingerprint density at radius 3 is 2.51 bits per heavy atom. The van der Waals surface area contributed by atoms with Crippen LogP contribution in [-0.2, 0) is 15.8 Å². The normalized spacial score (nSPS) is 17.3. The Balaban J connectivity index is 1.47. The van der Waals surface area contributed by atoms with E-state index in [0.29, 0.717) is 45.8 Å². The summed E-state index contributed by atoms with van der Waals surface area (Å²) in [5.41, 5.74) is -0.920. The van der Waals surface area contributed by atoms with Gasteiger partial charge < -0.3 is 25.0 Å². The van der Waals surface area contributed by atoms with Crippen molar-refractivity contribution in [3.63, 3.8) is 0 Å². The molecule has 45 heavy (non-hydrogen) atoms. The van der Waals surface area contributed by atoms with Crippen LogP contribution in [0.5, 0.6) is 11.5 Å². The van der Waals surface area contributed by atoms with E-state index in [2.05, 4.69) is 10.3 Å². The van der Waals surface area contributed by atoms with Gasteiger partial charge in [-0.3, -0.25) is 14.6 Å². The molecule has 0 fully saturated rings. The molecule has 0 radical (unpaired) electrons. The summed E-state index contributed by atoms with van der Waals surface area (Å²) in [6.07, 6.45) is 2.04. The highest BCUT2D eigenvalue weighted by Crippen LogP contribution is 2.46. The number of aliphatic hydroxyl groups is 2. The van der Waals surface area contributed by atoms with Gasteiger partial charge in [-0.05, 0) is 89.1 Å². The Hall–Kier alpha value is -4.41. The van der Waals surface area contributed by atoms with Gasteiger partial charge in [-0.2, -0.15) is 0 Å². The highest BCUT2D eigenvalue weighted by molar-refractivity contribution is 6.01. The standard InChI is InChI=1S/C35H38FN3O6/c1-33(2,42)14-16-38-32(41)34(3)20-45-31-25(34)19-28(39-30(31)21-8-10-24(36)11-9-21)35(4,43)13-12-26(40)23-17-22-7-6-15-37-29(22)27(18-23)44-5/h6-11,15,17-19,42-43H,12-14,16,20H2,1-5H3,(H,38,41)/t34-,35-/m0/s1. The van der Waals surface area contributed by atoms with Gasteiger partial charge >= 0.3 is 0 Å². The number of nitrogens with one attached hydrogen (secondary N) is 1. The number of Topliss-reactive ketones (excluding diaryl/α,β-unsaturated/α-hetero) is 1. The van der Waals surface area contributed by atoms with Gasteiger partial charge in [-0.1, -0.05) is 6.07 Å². The van der Waals surface area contributed by atoms with Crippen LogP contribution >= 0.6 is 0 Å². The first-order valence-electron chi connectivity index (χ1n) is 14.9. The van der Waals surface area contributed by atoms with E-state index in [1.165, 1.54) is 19.2 Å². The average Bonchev–Trinajstić information content (AvgIpc) is 3.36. The highest BCUT2D eigenvalue weighted by atomic mass is 19.1. The third kappa shape index (κ3) is 6.67. The number of amides is 1. The fraction of sp³-hybridized carbons (Fsp3) is 0.371. The van der Waals surface area contributed by atoms with Crippen LogP contribution in [0.2, 0.25) is 0 Å². The molecule has 2 aromatic heterocycles. The van der Waals surface area contributed by atoms with Crippen molar-refractivity contribution < 1.29 is 33.7 Å². The van der Waals surface area contributed by atoms with Crippen LogP contribution in [0, 0.1) is 5.82 Å². The molecule has 0 spiro atoms. The molecule has 10 heteroatoms. The quantitative estimate of drug-likeness (QED) is 0.195. The van der Waals surface area contributed by atoms with Crippen molar-refractivity contribution in [3.05, 3.63) is 83.4 Å². The number of aromatic nitrogens is 2. The number of methoxy groups -OCH3 is 1. The van der Waals surface area contributed by atoms with Crippen LogP contribution in [0.25, 0.3) is 22.2 Å². The minimum Gasteiger partial charge on any atom is -0.494 e. The molecular weight excluding hydrogens is 577 g/mol. The maximum atomic E-state index is 13.8. The Morgan fingerprint density at radius 1 is 1.09 bits per heavy atom. The first kappa shape index (κ1) is 32.0. The largest absolute Gasteiger partial charge is 0.494 e. The first-order valence-corrected chi connectivity index (χ1v) is 14.9. The van der Waals surface area contributed by atoms with Gasteiger partial charge in [0.1, 0.15) is 46.1 Å². The fourth-order valence-corrected chi connectivity index (χ4v) is 5.43. The number of carbonyl (C=O) groups is 2. The molecule has 3 heterocycles. The summed E-state index contributed by atoms with van der Waals surface area (Å²) in [7, 11) is 1.52. The molecule has 0 unspecified atom stereocenters. The zero-order chi connectivity index (χ0) is 32.6. The number of hydrogen-bond donors (Lipinski definition) is 3. The van der Waals surface area contributed by atoms with Crippen molar-refractivity contribution in [1.29, 1.82) is 0 Å². The van der Waals surface area contributed by atoms with E-state index in [9.17, 15) is 24.2 Å². The third-order valence-corrected chi connectivity index (χ3v) is 8.32. The van der Waals surface area contributed by atoms with E-state index < -0.39 is 22.4 Å². The molecular formula is C35H38FN3O6. The number of pyridine rings is 2.